The normalized spacial score (nSPS) is 30.7. The molecule has 3 nitrogen and oxygen atoms in total. The quantitative estimate of drug-likeness (QED) is 0.465. The molecular weight excluding hydrogens is 308 g/mol. The first-order valence-corrected chi connectivity index (χ1v) is 8.82. The third-order valence-electron chi connectivity index (χ3n) is 4.74. The largest absolute Gasteiger partial charge is 0.393 e. The second-order valence-electron chi connectivity index (χ2n) is 7.45. The fourth-order valence-corrected chi connectivity index (χ4v) is 4.87. The number of cyclic esters (lactones) is 2. The summed E-state index contributed by atoms with van der Waals surface area (Å²) in [5.41, 5.74) is 1.07. The van der Waals surface area contributed by atoms with Crippen molar-refractivity contribution in [1.82, 2.24) is 0 Å². The van der Waals surface area contributed by atoms with E-state index in [1.165, 1.54) is 0 Å². The van der Waals surface area contributed by atoms with E-state index in [1.54, 1.807) is 11.8 Å². The van der Waals surface area contributed by atoms with E-state index in [0.717, 1.165) is 10.5 Å². The lowest BCUT2D eigenvalue weighted by molar-refractivity contribution is -0.154. The van der Waals surface area contributed by atoms with E-state index in [1.807, 2.05) is 30.3 Å². The summed E-state index contributed by atoms with van der Waals surface area (Å²) in [6, 6.07) is 10.0. The van der Waals surface area contributed by atoms with Gasteiger partial charge in [0.05, 0.1) is 11.8 Å². The van der Waals surface area contributed by atoms with Gasteiger partial charge in [-0.2, -0.15) is 0 Å². The number of carbonyl (C=O) groups excluding carboxylic acids is 2. The molecule has 1 fully saturated rings. The van der Waals surface area contributed by atoms with Crippen LogP contribution in [0.4, 0.5) is 0 Å². The maximum absolute atomic E-state index is 12.4. The van der Waals surface area contributed by atoms with Gasteiger partial charge in [0.15, 0.2) is 0 Å². The first kappa shape index (κ1) is 16.3. The third kappa shape index (κ3) is 2.97. The van der Waals surface area contributed by atoms with Crippen LogP contribution in [-0.4, -0.2) is 17.2 Å². The Kier molecular flexibility index (Phi) is 4.13. The molecule has 3 rings (SSSR count). The van der Waals surface area contributed by atoms with Gasteiger partial charge < -0.3 is 4.74 Å². The Hall–Kier alpha value is -1.55. The lowest BCUT2D eigenvalue weighted by atomic mass is 9.64. The molecule has 23 heavy (non-hydrogen) atoms. The number of carbonyl (C=O) groups is 2. The van der Waals surface area contributed by atoms with Gasteiger partial charge in [0.2, 0.25) is 0 Å². The fraction of sp³-hybridized carbons (Fsp3) is 0.474. The summed E-state index contributed by atoms with van der Waals surface area (Å²) in [6.45, 7) is 8.39. The van der Waals surface area contributed by atoms with Gasteiger partial charge in [-0.05, 0) is 30.4 Å². The van der Waals surface area contributed by atoms with Crippen molar-refractivity contribution in [3.63, 3.8) is 0 Å². The van der Waals surface area contributed by atoms with Gasteiger partial charge in [-0.3, -0.25) is 9.59 Å². The highest BCUT2D eigenvalue weighted by Gasteiger charge is 2.56. The monoisotopic (exact) mass is 330 g/mol. The van der Waals surface area contributed by atoms with Crippen LogP contribution < -0.4 is 0 Å². The van der Waals surface area contributed by atoms with E-state index in [-0.39, 0.29) is 40.4 Å². The summed E-state index contributed by atoms with van der Waals surface area (Å²) in [7, 11) is 0. The number of benzene rings is 1. The van der Waals surface area contributed by atoms with E-state index < -0.39 is 0 Å². The molecule has 0 spiro atoms. The number of allylic oxidation sites excluding steroid dienone is 1. The molecule has 1 aromatic rings. The van der Waals surface area contributed by atoms with Crippen LogP contribution >= 0.6 is 11.8 Å². The molecule has 4 heteroatoms. The van der Waals surface area contributed by atoms with Crippen molar-refractivity contribution in [2.75, 3.05) is 0 Å². The van der Waals surface area contributed by atoms with E-state index in [9.17, 15) is 9.59 Å². The van der Waals surface area contributed by atoms with Gasteiger partial charge in [0, 0.05) is 10.1 Å². The van der Waals surface area contributed by atoms with Crippen LogP contribution in [0.5, 0.6) is 0 Å². The van der Waals surface area contributed by atoms with Gasteiger partial charge in [-0.15, -0.1) is 11.8 Å². The maximum atomic E-state index is 12.4. The zero-order chi connectivity index (χ0) is 16.8. The first-order chi connectivity index (χ1) is 10.8. The van der Waals surface area contributed by atoms with Crippen LogP contribution in [0.15, 0.2) is 46.9 Å². The van der Waals surface area contributed by atoms with Crippen LogP contribution in [0, 0.1) is 23.2 Å². The minimum atomic E-state index is -0.387. The summed E-state index contributed by atoms with van der Waals surface area (Å²) in [5.74, 6) is -1.45. The van der Waals surface area contributed by atoms with Crippen molar-refractivity contribution >= 4 is 23.7 Å². The first-order valence-electron chi connectivity index (χ1n) is 7.94. The molecule has 0 aromatic heterocycles. The van der Waals surface area contributed by atoms with Crippen LogP contribution in [0.3, 0.4) is 0 Å². The molecule has 0 N–H and O–H groups in total. The lowest BCUT2D eigenvalue weighted by Gasteiger charge is -2.40. The zero-order valence-corrected chi connectivity index (χ0v) is 14.7. The number of rotatable bonds is 2. The smallest absolute Gasteiger partial charge is 0.318 e. The van der Waals surface area contributed by atoms with Crippen molar-refractivity contribution in [3.05, 3.63) is 42.0 Å². The Labute approximate surface area is 141 Å². The molecule has 0 saturated carbocycles. The van der Waals surface area contributed by atoms with Crippen molar-refractivity contribution < 1.29 is 14.3 Å². The molecule has 1 saturated heterocycles. The molecule has 1 heterocycles. The van der Waals surface area contributed by atoms with Crippen LogP contribution in [0.1, 0.15) is 27.7 Å². The van der Waals surface area contributed by atoms with Gasteiger partial charge in [-0.1, -0.05) is 50.6 Å². The molecule has 1 aromatic carbocycles. The number of hydrogen-bond acceptors (Lipinski definition) is 4. The van der Waals surface area contributed by atoms with Gasteiger partial charge in [-0.25, -0.2) is 0 Å². The van der Waals surface area contributed by atoms with E-state index in [2.05, 4.69) is 33.8 Å². The second kappa shape index (κ2) is 5.82. The topological polar surface area (TPSA) is 43.4 Å². The number of hydrogen-bond donors (Lipinski definition) is 0. The van der Waals surface area contributed by atoms with Gasteiger partial charge >= 0.3 is 11.9 Å². The third-order valence-corrected chi connectivity index (χ3v) is 6.21. The summed E-state index contributed by atoms with van der Waals surface area (Å²) in [5, 5.41) is -0.0417. The van der Waals surface area contributed by atoms with E-state index >= 15 is 0 Å². The number of fused-ring (bicyclic) bond motifs is 1. The lowest BCUT2D eigenvalue weighted by Crippen LogP contribution is -2.42. The fourth-order valence-electron chi connectivity index (χ4n) is 3.58. The predicted octanol–water partition coefficient (Wildman–Crippen LogP) is 4.09. The molecule has 4 atom stereocenters. The number of thioether (sulfide) groups is 1. The Morgan fingerprint density at radius 3 is 2.22 bits per heavy atom. The molecule has 0 radical (unpaired) electrons. The van der Waals surface area contributed by atoms with E-state index in [4.69, 9.17) is 4.74 Å². The second-order valence-corrected chi connectivity index (χ2v) is 8.66. The summed E-state index contributed by atoms with van der Waals surface area (Å²) < 4.78 is 5.03. The highest BCUT2D eigenvalue weighted by atomic mass is 32.2. The molecule has 2 aliphatic rings. The average Bonchev–Trinajstić information content (AvgIpc) is 2.77. The maximum Gasteiger partial charge on any atom is 0.318 e. The summed E-state index contributed by atoms with van der Waals surface area (Å²) in [4.78, 5) is 25.8. The highest BCUT2D eigenvalue weighted by Crippen LogP contribution is 2.51. The Morgan fingerprint density at radius 1 is 1.00 bits per heavy atom. The molecule has 1 aliphatic carbocycles. The van der Waals surface area contributed by atoms with Crippen molar-refractivity contribution in [2.45, 2.75) is 37.8 Å². The summed E-state index contributed by atoms with van der Waals surface area (Å²) >= 11 is 1.65. The highest BCUT2D eigenvalue weighted by molar-refractivity contribution is 8.00. The van der Waals surface area contributed by atoms with Crippen LogP contribution in [0.25, 0.3) is 0 Å². The minimum Gasteiger partial charge on any atom is -0.393 e. The van der Waals surface area contributed by atoms with E-state index in [0.29, 0.717) is 0 Å². The molecular formula is C19H22O3S. The SMILES string of the molecule is CC1=C[C@@H](C(C)(C)C)[C@H]2C(=O)OC(=O)[C@H]2[C@H]1Sc1ccccc1. The Balaban J connectivity index is 2.00. The van der Waals surface area contributed by atoms with Crippen molar-refractivity contribution in [3.8, 4) is 0 Å². The molecule has 0 amide bonds. The molecule has 0 bridgehead atoms. The van der Waals surface area contributed by atoms with Crippen molar-refractivity contribution in [1.29, 1.82) is 0 Å². The average molecular weight is 330 g/mol. The molecule has 0 unspecified atom stereocenters. The molecule has 1 aliphatic heterocycles. The standard InChI is InChI=1S/C19H22O3S/c1-11-10-13(19(2,3)4)14-15(18(21)22-17(14)20)16(11)23-12-8-6-5-7-9-12/h5-10,13-16H,1-4H3/t13-,14-,15-,16+/m1/s1. The number of ether oxygens (including phenoxy) is 1. The molecule has 122 valence electrons. The number of esters is 2. The summed E-state index contributed by atoms with van der Waals surface area (Å²) in [6.07, 6.45) is 2.18. The minimum absolute atomic E-state index is 0.0269. The van der Waals surface area contributed by atoms with Crippen molar-refractivity contribution in [2.24, 2.45) is 23.2 Å². The van der Waals surface area contributed by atoms with Gasteiger partial charge in [0.25, 0.3) is 0 Å². The van der Waals surface area contributed by atoms with Gasteiger partial charge in [0.1, 0.15) is 0 Å². The predicted molar refractivity (Wildman–Crippen MR) is 90.9 cm³/mol. The Bertz CT molecular complexity index is 657. The van der Waals surface area contributed by atoms with Crippen LogP contribution in [0.2, 0.25) is 0 Å². The van der Waals surface area contributed by atoms with Crippen LogP contribution in [-0.2, 0) is 14.3 Å². The Morgan fingerprint density at radius 2 is 1.61 bits per heavy atom. The zero-order valence-electron chi connectivity index (χ0n) is 13.9.